The number of nitrogens with one attached hydrogen (secondary N) is 1. The highest BCUT2D eigenvalue weighted by atomic mass is 79.9. The molecule has 0 bridgehead atoms. The molecule has 2 heterocycles. The van der Waals surface area contributed by atoms with E-state index in [0.29, 0.717) is 18.9 Å². The first-order valence-corrected chi connectivity index (χ1v) is 9.30. The number of ether oxygens (including phenoxy) is 2. The number of hydrogen-bond acceptors (Lipinski definition) is 3. The number of hydrogen-bond donors (Lipinski definition) is 1. The lowest BCUT2D eigenvalue weighted by Gasteiger charge is -2.08. The van der Waals surface area contributed by atoms with E-state index >= 15 is 0 Å². The van der Waals surface area contributed by atoms with E-state index in [-0.39, 0.29) is 0 Å². The molecule has 4 aromatic rings. The second-order valence-electron chi connectivity index (χ2n) is 6.13. The van der Waals surface area contributed by atoms with Gasteiger partial charge < -0.3 is 14.5 Å². The number of aromatic nitrogens is 2. The molecule has 4 rings (SSSR count). The van der Waals surface area contributed by atoms with Gasteiger partial charge in [-0.25, -0.2) is 4.98 Å². The Labute approximate surface area is 165 Å². The van der Waals surface area contributed by atoms with E-state index in [1.54, 1.807) is 7.11 Å². The van der Waals surface area contributed by atoms with E-state index < -0.39 is 0 Å². The predicted octanol–water partition coefficient (Wildman–Crippen LogP) is 5.15. The molecule has 0 saturated heterocycles. The van der Waals surface area contributed by atoms with Gasteiger partial charge in [0, 0.05) is 44.9 Å². The number of methoxy groups -OCH3 is 1. The zero-order chi connectivity index (χ0) is 18.6. The first-order valence-electron chi connectivity index (χ1n) is 8.51. The summed E-state index contributed by atoms with van der Waals surface area (Å²) in [6.07, 6.45) is 1.81. The maximum absolute atomic E-state index is 6.00. The molecule has 4 nitrogen and oxygen atoms in total. The minimum Gasteiger partial charge on any atom is -0.489 e. The fourth-order valence-corrected chi connectivity index (χ4v) is 3.40. The highest BCUT2D eigenvalue weighted by molar-refractivity contribution is 9.12. The third kappa shape index (κ3) is 3.55. The predicted molar refractivity (Wildman–Crippen MR) is 111 cm³/mol. The summed E-state index contributed by atoms with van der Waals surface area (Å²) in [5.74, 6) is 3.82. The first-order chi connectivity index (χ1) is 13.3. The maximum Gasteiger partial charge on any atom is 0.120 e. The van der Waals surface area contributed by atoms with Crippen molar-refractivity contribution in [2.75, 3.05) is 7.11 Å². The first kappa shape index (κ1) is 17.6. The van der Waals surface area contributed by atoms with Crippen LogP contribution in [0.5, 0.6) is 5.75 Å². The molecule has 0 unspecified atom stereocenters. The van der Waals surface area contributed by atoms with Gasteiger partial charge in [-0.1, -0.05) is 30.3 Å². The molecule has 134 valence electrons. The summed E-state index contributed by atoms with van der Waals surface area (Å²) in [6, 6.07) is 16.2. The van der Waals surface area contributed by atoms with E-state index in [2.05, 4.69) is 54.8 Å². The lowest BCUT2D eigenvalue weighted by Crippen LogP contribution is -1.97. The summed E-state index contributed by atoms with van der Waals surface area (Å²) in [5, 5.41) is 2.14. The smallest absolute Gasteiger partial charge is 0.120 e. The van der Waals surface area contributed by atoms with E-state index in [1.807, 2.05) is 36.5 Å². The Bertz CT molecular complexity index is 1160. The van der Waals surface area contributed by atoms with Crippen LogP contribution in [0.3, 0.4) is 0 Å². The molecule has 0 fully saturated rings. The zero-order valence-electron chi connectivity index (χ0n) is 14.8. The van der Waals surface area contributed by atoms with Crippen molar-refractivity contribution in [2.45, 2.75) is 13.2 Å². The molecule has 0 spiro atoms. The summed E-state index contributed by atoms with van der Waals surface area (Å²) >= 11 is 3.16. The van der Waals surface area contributed by atoms with Gasteiger partial charge in [0.25, 0.3) is 0 Å². The second-order valence-corrected chi connectivity index (χ2v) is 6.53. The highest BCUT2D eigenvalue weighted by Crippen LogP contribution is 2.32. The fraction of sp³-hybridized carbons (Fsp3) is 0.136. The number of aromatic amines is 1. The second kappa shape index (κ2) is 7.83. The van der Waals surface area contributed by atoms with Crippen LogP contribution in [0.25, 0.3) is 21.8 Å². The van der Waals surface area contributed by atoms with Gasteiger partial charge in [0.1, 0.15) is 18.1 Å². The average molecular weight is 421 g/mol. The largest absolute Gasteiger partial charge is 0.489 e. The maximum atomic E-state index is 6.00. The summed E-state index contributed by atoms with van der Waals surface area (Å²) < 4.78 is 11.4. The summed E-state index contributed by atoms with van der Waals surface area (Å²) in [7, 11) is 1.67. The SMILES string of the molecule is COCc1c(C#CBr)ncc2[nH]c3ccc(OCc4ccccc4)cc3c12. The van der Waals surface area contributed by atoms with Gasteiger partial charge in [-0.15, -0.1) is 0 Å². The number of fused-ring (bicyclic) bond motifs is 3. The van der Waals surface area contributed by atoms with E-state index in [1.165, 1.54) is 0 Å². The molecule has 0 aliphatic heterocycles. The normalized spacial score (nSPS) is 10.7. The van der Waals surface area contributed by atoms with Gasteiger partial charge in [-0.05, 0) is 34.5 Å². The molecule has 0 amide bonds. The Morgan fingerprint density at radius 2 is 1.93 bits per heavy atom. The van der Waals surface area contributed by atoms with E-state index in [0.717, 1.165) is 38.7 Å². The van der Waals surface area contributed by atoms with Crippen molar-refractivity contribution in [1.29, 1.82) is 0 Å². The van der Waals surface area contributed by atoms with Crippen molar-refractivity contribution >= 4 is 37.7 Å². The van der Waals surface area contributed by atoms with Crippen LogP contribution in [0, 0.1) is 10.8 Å². The van der Waals surface area contributed by atoms with Crippen molar-refractivity contribution in [3.8, 4) is 16.5 Å². The molecule has 0 aliphatic carbocycles. The number of nitrogens with zero attached hydrogens (tertiary/aromatic N) is 1. The topological polar surface area (TPSA) is 47.1 Å². The minimum absolute atomic E-state index is 0.434. The molecule has 0 radical (unpaired) electrons. The van der Waals surface area contributed by atoms with Gasteiger partial charge >= 0.3 is 0 Å². The molecular weight excluding hydrogens is 404 g/mol. The Kier molecular flexibility index (Phi) is 5.10. The average Bonchev–Trinajstić information content (AvgIpc) is 3.07. The van der Waals surface area contributed by atoms with Crippen LogP contribution in [0.2, 0.25) is 0 Å². The van der Waals surface area contributed by atoms with Crippen LogP contribution in [-0.4, -0.2) is 17.1 Å². The van der Waals surface area contributed by atoms with Gasteiger partial charge in [0.15, 0.2) is 0 Å². The summed E-state index contributed by atoms with van der Waals surface area (Å²) in [6.45, 7) is 0.963. The molecule has 2 aromatic heterocycles. The van der Waals surface area contributed by atoms with Crippen molar-refractivity contribution in [3.05, 3.63) is 71.5 Å². The Morgan fingerprint density at radius 1 is 1.07 bits per heavy atom. The van der Waals surface area contributed by atoms with Crippen molar-refractivity contribution in [3.63, 3.8) is 0 Å². The Hall–Kier alpha value is -2.81. The molecule has 1 N–H and O–H groups in total. The standard InChI is InChI=1S/C22H17BrN2O2/c1-26-14-18-19(9-10-23)24-12-21-22(18)17-11-16(7-8-20(17)25-21)27-13-15-5-3-2-4-6-15/h2-8,11-12,25H,13-14H2,1H3. The quantitative estimate of drug-likeness (QED) is 0.454. The van der Waals surface area contributed by atoms with Crippen LogP contribution >= 0.6 is 15.9 Å². The van der Waals surface area contributed by atoms with Crippen molar-refractivity contribution in [2.24, 2.45) is 0 Å². The lowest BCUT2D eigenvalue weighted by molar-refractivity contribution is 0.185. The Morgan fingerprint density at radius 3 is 2.70 bits per heavy atom. The zero-order valence-corrected chi connectivity index (χ0v) is 16.3. The summed E-state index contributed by atoms with van der Waals surface area (Å²) in [4.78, 5) is 10.6. The molecule has 0 atom stereocenters. The van der Waals surface area contributed by atoms with Gasteiger partial charge in [-0.3, -0.25) is 0 Å². The fourth-order valence-electron chi connectivity index (χ4n) is 3.21. The molecular formula is C22H17BrN2O2. The molecule has 27 heavy (non-hydrogen) atoms. The van der Waals surface area contributed by atoms with Crippen LogP contribution in [-0.2, 0) is 18.0 Å². The Balaban J connectivity index is 1.79. The van der Waals surface area contributed by atoms with E-state index in [4.69, 9.17) is 9.47 Å². The third-order valence-electron chi connectivity index (χ3n) is 4.41. The van der Waals surface area contributed by atoms with Gasteiger partial charge in [-0.2, -0.15) is 0 Å². The number of H-pyrrole nitrogens is 1. The van der Waals surface area contributed by atoms with Crippen LogP contribution in [0.4, 0.5) is 0 Å². The van der Waals surface area contributed by atoms with Gasteiger partial charge in [0.2, 0.25) is 0 Å². The van der Waals surface area contributed by atoms with Crippen LogP contribution < -0.4 is 4.74 Å². The molecule has 0 aliphatic rings. The van der Waals surface area contributed by atoms with Crippen molar-refractivity contribution < 1.29 is 9.47 Å². The van der Waals surface area contributed by atoms with E-state index in [9.17, 15) is 0 Å². The number of halogens is 1. The monoisotopic (exact) mass is 420 g/mol. The molecule has 5 heteroatoms. The number of pyridine rings is 1. The highest BCUT2D eigenvalue weighted by Gasteiger charge is 2.14. The summed E-state index contributed by atoms with van der Waals surface area (Å²) in [5.41, 5.74) is 4.79. The molecule has 2 aromatic carbocycles. The van der Waals surface area contributed by atoms with Crippen LogP contribution in [0.1, 0.15) is 16.8 Å². The van der Waals surface area contributed by atoms with Gasteiger partial charge in [0.05, 0.1) is 18.3 Å². The third-order valence-corrected chi connectivity index (χ3v) is 4.61. The van der Waals surface area contributed by atoms with Crippen molar-refractivity contribution in [1.82, 2.24) is 9.97 Å². The minimum atomic E-state index is 0.434. The lowest BCUT2D eigenvalue weighted by atomic mass is 10.1. The van der Waals surface area contributed by atoms with Crippen LogP contribution in [0.15, 0.2) is 54.7 Å². The number of benzene rings is 2. The molecule has 0 saturated carbocycles. The number of rotatable bonds is 5.